The molecule has 1 aromatic rings. The van der Waals surface area contributed by atoms with E-state index in [1.807, 2.05) is 13.0 Å². The molecule has 164 valence electrons. The van der Waals surface area contributed by atoms with Crippen molar-refractivity contribution in [3.63, 3.8) is 0 Å². The lowest BCUT2D eigenvalue weighted by Gasteiger charge is -2.57. The molecule has 0 spiro atoms. The van der Waals surface area contributed by atoms with Gasteiger partial charge in [0.25, 0.3) is 0 Å². The van der Waals surface area contributed by atoms with Crippen LogP contribution < -0.4 is 0 Å². The van der Waals surface area contributed by atoms with E-state index < -0.39 is 0 Å². The summed E-state index contributed by atoms with van der Waals surface area (Å²) in [4.78, 5) is 5.62. The summed E-state index contributed by atoms with van der Waals surface area (Å²) in [5.74, 6) is 3.09. The van der Waals surface area contributed by atoms with Crippen LogP contribution in [0.25, 0.3) is 0 Å². The number of aromatic nitrogens is 1. The van der Waals surface area contributed by atoms with E-state index in [-0.39, 0.29) is 11.5 Å². The lowest BCUT2D eigenvalue weighted by molar-refractivity contribution is -0.0722. The minimum absolute atomic E-state index is 0.0865. The first-order valence-corrected chi connectivity index (χ1v) is 11.9. The smallest absolute Gasteiger partial charge is 0.133 e. The van der Waals surface area contributed by atoms with Crippen molar-refractivity contribution in [2.75, 3.05) is 6.61 Å². The monoisotopic (exact) mass is 412 g/mol. The molecular weight excluding hydrogens is 376 g/mol. The Kier molecular flexibility index (Phi) is 5.08. The third kappa shape index (κ3) is 3.24. The van der Waals surface area contributed by atoms with Gasteiger partial charge in [0.2, 0.25) is 0 Å². The number of aryl methyl sites for hydroxylation is 1. The molecule has 5 unspecified atom stereocenters. The number of fused-ring (bicyclic) bond motifs is 5. The number of hydrogen-bond acceptors (Lipinski definition) is 5. The summed E-state index contributed by atoms with van der Waals surface area (Å²) in [5, 5.41) is 19.1. The van der Waals surface area contributed by atoms with Gasteiger partial charge in [-0.1, -0.05) is 29.7 Å². The predicted molar refractivity (Wildman–Crippen MR) is 116 cm³/mol. The van der Waals surface area contributed by atoms with Crippen molar-refractivity contribution < 1.29 is 14.5 Å². The van der Waals surface area contributed by atoms with Crippen LogP contribution in [0, 0.1) is 35.5 Å². The van der Waals surface area contributed by atoms with Crippen molar-refractivity contribution >= 4 is 5.71 Å². The van der Waals surface area contributed by atoms with Crippen molar-refractivity contribution in [3.8, 4) is 0 Å². The molecule has 3 fully saturated rings. The van der Waals surface area contributed by atoms with E-state index >= 15 is 0 Å². The van der Waals surface area contributed by atoms with Crippen LogP contribution in [0.5, 0.6) is 0 Å². The van der Waals surface area contributed by atoms with E-state index in [9.17, 15) is 5.11 Å². The molecule has 1 N–H and O–H groups in total. The highest BCUT2D eigenvalue weighted by Gasteiger charge is 2.58. The zero-order valence-corrected chi connectivity index (χ0v) is 18.7. The minimum Gasteiger partial charge on any atom is -0.395 e. The summed E-state index contributed by atoms with van der Waals surface area (Å²) in [6.45, 7) is 7.30. The molecule has 5 heteroatoms. The van der Waals surface area contributed by atoms with Crippen molar-refractivity contribution in [2.45, 2.75) is 84.7 Å². The molecule has 3 saturated carbocycles. The zero-order chi connectivity index (χ0) is 20.9. The summed E-state index contributed by atoms with van der Waals surface area (Å²) < 4.78 is 5.10. The second kappa shape index (κ2) is 7.51. The quantitative estimate of drug-likeness (QED) is 0.544. The highest BCUT2D eigenvalue weighted by atomic mass is 16.6. The van der Waals surface area contributed by atoms with Crippen molar-refractivity contribution in [2.24, 2.45) is 33.7 Å². The Morgan fingerprint density at radius 3 is 2.83 bits per heavy atom. The Labute approximate surface area is 179 Å². The van der Waals surface area contributed by atoms with Crippen molar-refractivity contribution in [3.05, 3.63) is 29.2 Å². The second-order valence-corrected chi connectivity index (χ2v) is 10.7. The Morgan fingerprint density at radius 2 is 2.03 bits per heavy atom. The molecule has 0 saturated heterocycles. The van der Waals surface area contributed by atoms with Gasteiger partial charge in [0.05, 0.1) is 17.5 Å². The minimum atomic E-state index is -0.0865. The SMILES string of the molecule is Cc1cc(CCON=C2C=C3CCC4C5CCC(O)C5(C)CC[C@H]4C3(C)CC2)no1. The van der Waals surface area contributed by atoms with Gasteiger partial charge < -0.3 is 14.5 Å². The molecule has 5 rings (SSSR count). The van der Waals surface area contributed by atoms with Gasteiger partial charge >= 0.3 is 0 Å². The van der Waals surface area contributed by atoms with Crippen molar-refractivity contribution in [1.29, 1.82) is 0 Å². The summed E-state index contributed by atoms with van der Waals surface area (Å²) in [6.07, 6.45) is 12.3. The highest BCUT2D eigenvalue weighted by molar-refractivity contribution is 5.96. The molecule has 0 aromatic carbocycles. The van der Waals surface area contributed by atoms with Gasteiger partial charge in [0, 0.05) is 12.5 Å². The lowest BCUT2D eigenvalue weighted by atomic mass is 9.47. The van der Waals surface area contributed by atoms with Gasteiger partial charge in [-0.2, -0.15) is 0 Å². The molecule has 1 aromatic heterocycles. The number of aliphatic hydroxyl groups is 1. The molecule has 4 aliphatic carbocycles. The fourth-order valence-corrected chi connectivity index (χ4v) is 7.43. The Hall–Kier alpha value is -1.62. The van der Waals surface area contributed by atoms with Gasteiger partial charge in [-0.05, 0) is 93.0 Å². The number of hydrogen-bond donors (Lipinski definition) is 1. The molecule has 0 bridgehead atoms. The third-order valence-electron chi connectivity index (χ3n) is 9.24. The molecule has 5 nitrogen and oxygen atoms in total. The lowest BCUT2D eigenvalue weighted by Crippen LogP contribution is -2.51. The predicted octanol–water partition coefficient (Wildman–Crippen LogP) is 5.22. The average molecular weight is 413 g/mol. The number of nitrogens with zero attached hydrogens (tertiary/aromatic N) is 2. The largest absolute Gasteiger partial charge is 0.395 e. The molecule has 0 aliphatic heterocycles. The molecule has 6 atom stereocenters. The van der Waals surface area contributed by atoms with E-state index in [1.54, 1.807) is 5.57 Å². The molecule has 30 heavy (non-hydrogen) atoms. The maximum Gasteiger partial charge on any atom is 0.133 e. The van der Waals surface area contributed by atoms with E-state index in [0.29, 0.717) is 17.9 Å². The maximum atomic E-state index is 10.6. The van der Waals surface area contributed by atoms with Crippen LogP contribution >= 0.6 is 0 Å². The van der Waals surface area contributed by atoms with Crippen molar-refractivity contribution in [1.82, 2.24) is 5.16 Å². The molecule has 1 heterocycles. The normalized spacial score (nSPS) is 41.7. The van der Waals surface area contributed by atoms with Crippen LogP contribution in [-0.4, -0.2) is 28.7 Å². The highest BCUT2D eigenvalue weighted by Crippen LogP contribution is 2.65. The summed E-state index contributed by atoms with van der Waals surface area (Å²) >= 11 is 0. The first-order valence-electron chi connectivity index (χ1n) is 11.9. The van der Waals surface area contributed by atoms with Crippen LogP contribution in [0.15, 0.2) is 27.4 Å². The first-order chi connectivity index (χ1) is 14.4. The van der Waals surface area contributed by atoms with Gasteiger partial charge in [0.1, 0.15) is 12.4 Å². The molecular formula is C25H36N2O3. The Bertz CT molecular complexity index is 858. The number of rotatable bonds is 4. The fraction of sp³-hybridized carbons (Fsp3) is 0.760. The Morgan fingerprint density at radius 1 is 1.17 bits per heavy atom. The van der Waals surface area contributed by atoms with Gasteiger partial charge in [-0.3, -0.25) is 0 Å². The number of allylic oxidation sites excluding steroid dienone is 2. The van der Waals surface area contributed by atoms with Crippen LogP contribution in [-0.2, 0) is 11.3 Å². The molecule has 0 amide bonds. The summed E-state index contributed by atoms with van der Waals surface area (Å²) in [5.41, 5.74) is 4.06. The van der Waals surface area contributed by atoms with Gasteiger partial charge in [-0.15, -0.1) is 0 Å². The van der Waals surface area contributed by atoms with Gasteiger partial charge in [0.15, 0.2) is 0 Å². The Balaban J connectivity index is 1.26. The summed E-state index contributed by atoms with van der Waals surface area (Å²) in [6, 6.07) is 1.95. The van der Waals surface area contributed by atoms with Crippen LogP contribution in [0.2, 0.25) is 0 Å². The molecule has 0 radical (unpaired) electrons. The van der Waals surface area contributed by atoms with Crippen LogP contribution in [0.3, 0.4) is 0 Å². The van der Waals surface area contributed by atoms with Crippen LogP contribution in [0.4, 0.5) is 0 Å². The molecule has 4 aliphatic rings. The number of aliphatic hydroxyl groups excluding tert-OH is 1. The van der Waals surface area contributed by atoms with E-state index in [2.05, 4.69) is 30.2 Å². The topological polar surface area (TPSA) is 67.8 Å². The van der Waals surface area contributed by atoms with E-state index in [0.717, 1.165) is 48.3 Å². The van der Waals surface area contributed by atoms with E-state index in [1.165, 1.54) is 38.5 Å². The zero-order valence-electron chi connectivity index (χ0n) is 18.7. The third-order valence-corrected chi connectivity index (χ3v) is 9.24. The average Bonchev–Trinajstić information content (AvgIpc) is 3.28. The maximum absolute atomic E-state index is 10.6. The van der Waals surface area contributed by atoms with Gasteiger partial charge in [-0.25, -0.2) is 0 Å². The summed E-state index contributed by atoms with van der Waals surface area (Å²) in [7, 11) is 0. The fourth-order valence-electron chi connectivity index (χ4n) is 7.43. The number of oxime groups is 1. The van der Waals surface area contributed by atoms with E-state index in [4.69, 9.17) is 9.36 Å². The first kappa shape index (κ1) is 20.3. The van der Waals surface area contributed by atoms with Crippen LogP contribution in [0.1, 0.15) is 76.7 Å². The second-order valence-electron chi connectivity index (χ2n) is 10.7. The standard InChI is InChI=1S/C25H36N2O3/c1-16-14-19(27-30-16)10-13-29-26-18-8-11-24(2)17(15-18)4-5-20-21-6-7-23(28)25(21,3)12-9-22(20)24/h14-15,20-23,28H,4-13H2,1-3H3/t20?,21?,22-,23?,24?,25?/m1/s1.